The van der Waals surface area contributed by atoms with Gasteiger partial charge in [0.05, 0.1) is 17.6 Å². The number of nitrogens with one attached hydrogen (secondary N) is 2. The topological polar surface area (TPSA) is 75.2 Å². The van der Waals surface area contributed by atoms with Gasteiger partial charge in [0, 0.05) is 26.2 Å². The molecule has 1 aliphatic heterocycles. The molecule has 1 saturated heterocycles. The van der Waals surface area contributed by atoms with E-state index < -0.39 is 0 Å². The normalized spacial score (nSPS) is 18.3. The monoisotopic (exact) mass is 395 g/mol. The van der Waals surface area contributed by atoms with Crippen molar-refractivity contribution < 1.29 is 9.53 Å². The first-order chi connectivity index (χ1) is 12.5. The summed E-state index contributed by atoms with van der Waals surface area (Å²) in [6.07, 6.45) is 0.0283. The van der Waals surface area contributed by atoms with Gasteiger partial charge >= 0.3 is 0 Å². The summed E-state index contributed by atoms with van der Waals surface area (Å²) in [5.41, 5.74) is 0. The van der Waals surface area contributed by atoms with Crippen LogP contribution in [0.5, 0.6) is 0 Å². The van der Waals surface area contributed by atoms with Crippen LogP contribution >= 0.6 is 23.6 Å². The molecule has 1 aliphatic rings. The third kappa shape index (κ3) is 5.00. The van der Waals surface area contributed by atoms with Crippen molar-refractivity contribution in [3.63, 3.8) is 0 Å². The predicted molar refractivity (Wildman–Crippen MR) is 105 cm³/mol. The Morgan fingerprint density at radius 1 is 1.58 bits per heavy atom. The van der Waals surface area contributed by atoms with Crippen LogP contribution in [0.1, 0.15) is 13.8 Å². The van der Waals surface area contributed by atoms with Gasteiger partial charge in [0.2, 0.25) is 5.91 Å². The third-order valence-corrected chi connectivity index (χ3v) is 5.35. The molecule has 2 aromatic heterocycles. The fourth-order valence-corrected chi connectivity index (χ4v) is 3.99. The van der Waals surface area contributed by atoms with Crippen molar-refractivity contribution >= 4 is 29.5 Å². The maximum absolute atomic E-state index is 12.4. The Kier molecular flexibility index (Phi) is 6.58. The van der Waals surface area contributed by atoms with E-state index in [1.807, 2.05) is 17.5 Å². The van der Waals surface area contributed by atoms with Gasteiger partial charge in [-0.3, -0.25) is 19.4 Å². The molecule has 142 valence electrons. The number of H-pyrrole nitrogens is 1. The van der Waals surface area contributed by atoms with Crippen molar-refractivity contribution in [3.8, 4) is 10.7 Å². The summed E-state index contributed by atoms with van der Waals surface area (Å²) in [5, 5.41) is 12.0. The number of morpholine rings is 1. The van der Waals surface area contributed by atoms with Gasteiger partial charge in [-0.1, -0.05) is 19.9 Å². The molecule has 1 amide bonds. The molecule has 9 heteroatoms. The van der Waals surface area contributed by atoms with Gasteiger partial charge in [0.15, 0.2) is 10.6 Å². The molecule has 0 spiro atoms. The van der Waals surface area contributed by atoms with E-state index in [0.29, 0.717) is 29.7 Å². The number of thiophene rings is 1. The summed E-state index contributed by atoms with van der Waals surface area (Å²) in [7, 11) is 0. The number of aromatic nitrogens is 3. The van der Waals surface area contributed by atoms with E-state index in [9.17, 15) is 4.79 Å². The quantitative estimate of drug-likeness (QED) is 0.703. The molecule has 0 saturated carbocycles. The van der Waals surface area contributed by atoms with Gasteiger partial charge in [-0.15, -0.1) is 11.3 Å². The van der Waals surface area contributed by atoms with Gasteiger partial charge in [-0.2, -0.15) is 5.10 Å². The van der Waals surface area contributed by atoms with Crippen LogP contribution in [0.15, 0.2) is 17.5 Å². The fourth-order valence-electron chi connectivity index (χ4n) is 3.07. The van der Waals surface area contributed by atoms with Crippen molar-refractivity contribution in [1.29, 1.82) is 0 Å². The molecule has 2 aromatic rings. The van der Waals surface area contributed by atoms with Crippen LogP contribution in [-0.2, 0) is 16.1 Å². The van der Waals surface area contributed by atoms with E-state index in [1.165, 1.54) is 0 Å². The van der Waals surface area contributed by atoms with E-state index in [4.69, 9.17) is 17.0 Å². The first-order valence-corrected chi connectivity index (χ1v) is 10.1. The molecule has 1 unspecified atom stereocenters. The maximum atomic E-state index is 12.4. The molecule has 0 aromatic carbocycles. The Balaban J connectivity index is 1.54. The van der Waals surface area contributed by atoms with Crippen molar-refractivity contribution in [2.75, 3.05) is 32.8 Å². The van der Waals surface area contributed by atoms with Gasteiger partial charge in [-0.25, -0.2) is 0 Å². The first-order valence-electron chi connectivity index (χ1n) is 8.82. The molecule has 3 heterocycles. The second-order valence-corrected chi connectivity index (χ2v) is 8.20. The summed E-state index contributed by atoms with van der Waals surface area (Å²) in [5.74, 6) is 1.23. The van der Waals surface area contributed by atoms with E-state index in [0.717, 1.165) is 24.5 Å². The molecule has 0 radical (unpaired) electrons. The SMILES string of the molecule is CC(C)CN1CCOC(CNC(=O)Cn2c(-c3cccs3)n[nH]c2=S)C1. The number of carbonyl (C=O) groups excluding carboxylic acids is 1. The van der Waals surface area contributed by atoms with Crippen LogP contribution in [0, 0.1) is 10.7 Å². The zero-order chi connectivity index (χ0) is 18.5. The lowest BCUT2D eigenvalue weighted by Crippen LogP contribution is -2.48. The summed E-state index contributed by atoms with van der Waals surface area (Å²) in [4.78, 5) is 15.8. The Morgan fingerprint density at radius 3 is 3.15 bits per heavy atom. The number of hydrogen-bond donors (Lipinski definition) is 2. The molecule has 2 N–H and O–H groups in total. The van der Waals surface area contributed by atoms with Crippen molar-refractivity contribution in [3.05, 3.63) is 22.3 Å². The molecule has 1 atom stereocenters. The van der Waals surface area contributed by atoms with Crippen molar-refractivity contribution in [1.82, 2.24) is 25.0 Å². The van der Waals surface area contributed by atoms with E-state index in [-0.39, 0.29) is 18.6 Å². The highest BCUT2D eigenvalue weighted by molar-refractivity contribution is 7.71. The average Bonchev–Trinajstić information content (AvgIpc) is 3.23. The minimum Gasteiger partial charge on any atom is -0.374 e. The van der Waals surface area contributed by atoms with Crippen LogP contribution in [0.2, 0.25) is 0 Å². The Labute approximate surface area is 162 Å². The Morgan fingerprint density at radius 2 is 2.42 bits per heavy atom. The van der Waals surface area contributed by atoms with Gasteiger partial charge in [0.25, 0.3) is 0 Å². The Hall–Kier alpha value is -1.55. The number of rotatable bonds is 7. The molecule has 1 fully saturated rings. The van der Waals surface area contributed by atoms with Crippen LogP contribution in [0.4, 0.5) is 0 Å². The maximum Gasteiger partial charge on any atom is 0.240 e. The molecular weight excluding hydrogens is 370 g/mol. The molecule has 3 rings (SSSR count). The lowest BCUT2D eigenvalue weighted by atomic mass is 10.2. The lowest BCUT2D eigenvalue weighted by molar-refractivity contribution is -0.122. The molecule has 26 heavy (non-hydrogen) atoms. The largest absolute Gasteiger partial charge is 0.374 e. The zero-order valence-electron chi connectivity index (χ0n) is 15.1. The van der Waals surface area contributed by atoms with Crippen LogP contribution in [0.3, 0.4) is 0 Å². The highest BCUT2D eigenvalue weighted by atomic mass is 32.1. The van der Waals surface area contributed by atoms with Gasteiger partial charge < -0.3 is 10.1 Å². The number of aromatic amines is 1. The number of nitrogens with zero attached hydrogens (tertiary/aromatic N) is 3. The first kappa shape index (κ1) is 19.2. The lowest BCUT2D eigenvalue weighted by Gasteiger charge is -2.33. The number of carbonyl (C=O) groups is 1. The van der Waals surface area contributed by atoms with E-state index in [1.54, 1.807) is 15.9 Å². The predicted octanol–water partition coefficient (Wildman–Crippen LogP) is 2.14. The minimum atomic E-state index is -0.0927. The van der Waals surface area contributed by atoms with Gasteiger partial charge in [-0.05, 0) is 29.6 Å². The molecule has 0 bridgehead atoms. The van der Waals surface area contributed by atoms with E-state index >= 15 is 0 Å². The minimum absolute atomic E-state index is 0.0283. The molecular formula is C17H25N5O2S2. The zero-order valence-corrected chi connectivity index (χ0v) is 16.7. The highest BCUT2D eigenvalue weighted by Crippen LogP contribution is 2.22. The second-order valence-electron chi connectivity index (χ2n) is 6.87. The number of ether oxygens (including phenoxy) is 1. The summed E-state index contributed by atoms with van der Waals surface area (Å²) >= 11 is 6.83. The van der Waals surface area contributed by atoms with E-state index in [2.05, 4.69) is 34.3 Å². The fraction of sp³-hybridized carbons (Fsp3) is 0.588. The Bertz CT molecular complexity index is 768. The van der Waals surface area contributed by atoms with Crippen LogP contribution in [0.25, 0.3) is 10.7 Å². The third-order valence-electron chi connectivity index (χ3n) is 4.17. The number of hydrogen-bond acceptors (Lipinski definition) is 6. The van der Waals surface area contributed by atoms with Crippen molar-refractivity contribution in [2.24, 2.45) is 5.92 Å². The summed E-state index contributed by atoms with van der Waals surface area (Å²) < 4.78 is 7.95. The standard InChI is InChI=1S/C17H25N5O2S2/c1-12(2)9-21-5-6-24-13(10-21)8-18-15(23)11-22-16(19-20-17(22)25)14-4-3-7-26-14/h3-4,7,12-13H,5-6,8-11H2,1-2H3,(H,18,23)(H,20,25). The molecule has 0 aliphatic carbocycles. The van der Waals surface area contributed by atoms with Gasteiger partial charge in [0.1, 0.15) is 6.54 Å². The highest BCUT2D eigenvalue weighted by Gasteiger charge is 2.21. The smallest absolute Gasteiger partial charge is 0.240 e. The molecule has 7 nitrogen and oxygen atoms in total. The summed E-state index contributed by atoms with van der Waals surface area (Å²) in [6, 6.07) is 3.91. The average molecular weight is 396 g/mol. The number of amides is 1. The summed E-state index contributed by atoms with van der Waals surface area (Å²) in [6.45, 7) is 8.65. The second kappa shape index (κ2) is 8.90. The van der Waals surface area contributed by atoms with Crippen LogP contribution < -0.4 is 5.32 Å². The van der Waals surface area contributed by atoms with Crippen LogP contribution in [-0.4, -0.2) is 64.5 Å². The van der Waals surface area contributed by atoms with Crippen molar-refractivity contribution in [2.45, 2.75) is 26.5 Å².